The Hall–Kier alpha value is 0. The maximum absolute atomic E-state index is 2.36. The predicted molar refractivity (Wildman–Crippen MR) is 351 cm³/mol. The highest BCUT2D eigenvalue weighted by atomic mass is 14.3. The van der Waals surface area contributed by atoms with Gasteiger partial charge in [0.1, 0.15) is 0 Å². The van der Waals surface area contributed by atoms with Gasteiger partial charge in [0.25, 0.3) is 0 Å². The summed E-state index contributed by atoms with van der Waals surface area (Å²) in [7, 11) is 0. The number of rotatable bonds is 12. The third-order valence-electron chi connectivity index (χ3n) is 20.0. The summed E-state index contributed by atoms with van der Waals surface area (Å²) < 4.78 is 0. The quantitative estimate of drug-likeness (QED) is 0.183. The van der Waals surface area contributed by atoms with Crippen LogP contribution in [0.4, 0.5) is 0 Å². The van der Waals surface area contributed by atoms with Gasteiger partial charge in [-0.1, -0.05) is 378 Å². The molecule has 0 N–H and O–H groups in total. The maximum Gasteiger partial charge on any atom is -0.0334 e. The van der Waals surface area contributed by atoms with Gasteiger partial charge in [-0.2, -0.15) is 0 Å². The van der Waals surface area contributed by atoms with Crippen molar-refractivity contribution in [1.82, 2.24) is 0 Å². The topological polar surface area (TPSA) is 0 Å². The van der Waals surface area contributed by atoms with Crippen molar-refractivity contribution in [2.75, 3.05) is 0 Å². The summed E-state index contributed by atoms with van der Waals surface area (Å²) in [5, 5.41) is 0. The van der Waals surface area contributed by atoms with Crippen LogP contribution in [0.15, 0.2) is 0 Å². The minimum Gasteiger partial charge on any atom is -0.0651 e. The molecule has 0 aromatic heterocycles. The van der Waals surface area contributed by atoms with Crippen LogP contribution in [0.5, 0.6) is 0 Å². The molecule has 0 amide bonds. The zero-order chi connectivity index (χ0) is 59.7. The van der Waals surface area contributed by atoms with Gasteiger partial charge in [0.15, 0.2) is 0 Å². The lowest BCUT2D eigenvalue weighted by atomic mass is 9.71. The van der Waals surface area contributed by atoms with Crippen LogP contribution in [0.25, 0.3) is 0 Å². The third-order valence-corrected chi connectivity index (χ3v) is 20.0. The monoisotopic (exact) mass is 1040 g/mol. The first-order valence-electron chi connectivity index (χ1n) is 32.9. The Balaban J connectivity index is -0.000000133. The zero-order valence-electron chi connectivity index (χ0n) is 59.7. The van der Waals surface area contributed by atoms with Crippen molar-refractivity contribution in [3.05, 3.63) is 0 Å². The molecule has 0 heteroatoms. The molecule has 452 valence electrons. The van der Waals surface area contributed by atoms with Crippen LogP contribution in [-0.2, 0) is 0 Å². The van der Waals surface area contributed by atoms with E-state index < -0.39 is 0 Å². The highest BCUT2D eigenvalue weighted by Crippen LogP contribution is 2.37. The lowest BCUT2D eigenvalue weighted by Crippen LogP contribution is -2.25. The molecular weight excluding hydrogens is 877 g/mol. The second-order valence-electron chi connectivity index (χ2n) is 31.4. The average Bonchev–Trinajstić information content (AvgIpc) is 3.99. The van der Waals surface area contributed by atoms with E-state index in [4.69, 9.17) is 0 Å². The first-order chi connectivity index (χ1) is 32.9. The molecule has 3 rings (SSSR count). The largest absolute Gasteiger partial charge is 0.0651 e. The lowest BCUT2D eigenvalue weighted by molar-refractivity contribution is 0.157. The van der Waals surface area contributed by atoms with Crippen molar-refractivity contribution < 1.29 is 0 Å². The molecule has 73 heavy (non-hydrogen) atoms. The van der Waals surface area contributed by atoms with Crippen LogP contribution in [0.1, 0.15) is 391 Å². The fraction of sp³-hybridized carbons (Fsp3) is 1.00. The lowest BCUT2D eigenvalue weighted by Gasteiger charge is -2.34. The van der Waals surface area contributed by atoms with Gasteiger partial charge in [-0.05, 0) is 98.1 Å². The molecule has 0 radical (unpaired) electrons. The molecule has 3 saturated carbocycles. The summed E-state index contributed by atoms with van der Waals surface area (Å²) in [5.41, 5.74) is 3.78. The molecule has 3 fully saturated rings. The average molecular weight is 1040 g/mol. The van der Waals surface area contributed by atoms with Crippen LogP contribution in [0, 0.1) is 85.2 Å². The second-order valence-corrected chi connectivity index (χ2v) is 31.4. The Morgan fingerprint density at radius 2 is 0.685 bits per heavy atom. The van der Waals surface area contributed by atoms with Crippen LogP contribution in [0.2, 0.25) is 0 Å². The summed E-state index contributed by atoms with van der Waals surface area (Å²) in [4.78, 5) is 0. The summed E-state index contributed by atoms with van der Waals surface area (Å²) in [6, 6.07) is 0. The molecule has 0 bridgehead atoms. The third kappa shape index (κ3) is 61.1. The van der Waals surface area contributed by atoms with Gasteiger partial charge in [0, 0.05) is 0 Å². The molecule has 0 heterocycles. The van der Waals surface area contributed by atoms with E-state index in [1.54, 1.807) is 0 Å². The predicted octanol–water partition coefficient (Wildman–Crippen LogP) is 28.0. The highest BCUT2D eigenvalue weighted by Gasteiger charge is 2.27. The summed E-state index contributed by atoms with van der Waals surface area (Å²) in [6.07, 6.45) is 31.2. The molecule has 0 unspecified atom stereocenters. The van der Waals surface area contributed by atoms with E-state index in [-0.39, 0.29) is 0 Å². The number of hydrogen-bond donors (Lipinski definition) is 0. The van der Waals surface area contributed by atoms with Gasteiger partial charge in [0.2, 0.25) is 0 Å². The molecule has 3 aliphatic rings. The smallest absolute Gasteiger partial charge is 0.0334 e. The Bertz CT molecular complexity index is 991. The van der Waals surface area contributed by atoms with Crippen molar-refractivity contribution in [2.24, 2.45) is 85.2 Å². The van der Waals surface area contributed by atoms with Crippen molar-refractivity contribution >= 4 is 0 Å². The molecule has 0 atom stereocenters. The Labute approximate surface area is 473 Å². The maximum atomic E-state index is 2.36. The van der Waals surface area contributed by atoms with Gasteiger partial charge in [-0.3, -0.25) is 0 Å². The fourth-order valence-electron chi connectivity index (χ4n) is 6.60. The van der Waals surface area contributed by atoms with Gasteiger partial charge in [-0.15, -0.1) is 0 Å². The molecule has 0 aromatic carbocycles. The van der Waals surface area contributed by atoms with E-state index in [0.29, 0.717) is 37.9 Å². The van der Waals surface area contributed by atoms with E-state index in [0.717, 1.165) is 47.3 Å². The van der Waals surface area contributed by atoms with E-state index in [2.05, 4.69) is 249 Å². The van der Waals surface area contributed by atoms with Crippen LogP contribution in [0.3, 0.4) is 0 Å². The molecule has 0 spiro atoms. The van der Waals surface area contributed by atoms with E-state index in [9.17, 15) is 0 Å². The van der Waals surface area contributed by atoms with Crippen molar-refractivity contribution in [1.29, 1.82) is 0 Å². The van der Waals surface area contributed by atoms with Crippen LogP contribution in [-0.4, -0.2) is 0 Å². The Morgan fingerprint density at radius 3 is 0.753 bits per heavy atom. The summed E-state index contributed by atoms with van der Waals surface area (Å²) in [5.74, 6) is 7.29. The normalized spacial score (nSPS) is 16.2. The first kappa shape index (κ1) is 86.9. The SMILES string of the molecule is CC(C)(C)C(C)(C)C.CC(C)C(C)(C)C.CC(C)C(C)C(C)C.CC1(C)CCCC1.CC1CCCCC1.CCC(C)(C)C(C)C.CCC(C)(C)CC.CCC(C)(C)CC.CCC(CC)CC.CCC1CCCC1. The van der Waals surface area contributed by atoms with Crippen molar-refractivity contribution in [3.63, 3.8) is 0 Å². The van der Waals surface area contributed by atoms with E-state index >= 15 is 0 Å². The van der Waals surface area contributed by atoms with E-state index in [1.807, 2.05) is 0 Å². The molecular formula is C73H160. The number of hydrogen-bond acceptors (Lipinski definition) is 0. The Kier molecular flexibility index (Phi) is 55.8. The van der Waals surface area contributed by atoms with Crippen molar-refractivity contribution in [2.45, 2.75) is 391 Å². The standard InChI is InChI=1S/3C8H18.3C7H14.4C7H16/c1-7(2,3)8(4,5)6;1-6-8(4,5)7(2)3;1-6(2)8(5)7(3)4;1-7(2)5-3-4-6-7;1-7-5-3-2-4-6-7;1-2-7-5-3-4-6-7;1-6(2)7(3,4)5;2*1-5-7(3,4)6-2;1-4-7(5-2)6-3/h1-6H3;7H,6H2,1-5H3;6-8H,1-5H3;3-6H2,1-2H3;2*7H,2-6H2,1H3;6H,1-5H3;2*5-6H2,1-4H3;7H,4-6H2,1-3H3. The summed E-state index contributed by atoms with van der Waals surface area (Å²) >= 11 is 0. The second kappa shape index (κ2) is 46.9. The minimum atomic E-state index is 0.437. The Morgan fingerprint density at radius 1 is 0.397 bits per heavy atom. The minimum absolute atomic E-state index is 0.437. The summed E-state index contributed by atoms with van der Waals surface area (Å²) in [6.45, 7) is 82.1. The first-order valence-corrected chi connectivity index (χ1v) is 32.9. The molecule has 0 aliphatic heterocycles. The van der Waals surface area contributed by atoms with Crippen LogP contribution < -0.4 is 0 Å². The van der Waals surface area contributed by atoms with Gasteiger partial charge >= 0.3 is 0 Å². The molecule has 3 aliphatic carbocycles. The van der Waals surface area contributed by atoms with Crippen LogP contribution >= 0.6 is 0 Å². The highest BCUT2D eigenvalue weighted by molar-refractivity contribution is 4.77. The molecule has 0 nitrogen and oxygen atoms in total. The van der Waals surface area contributed by atoms with Gasteiger partial charge in [-0.25, -0.2) is 0 Å². The van der Waals surface area contributed by atoms with Gasteiger partial charge in [0.05, 0.1) is 0 Å². The fourth-order valence-corrected chi connectivity index (χ4v) is 6.60. The molecule has 0 aromatic rings. The van der Waals surface area contributed by atoms with Gasteiger partial charge < -0.3 is 0 Å². The molecule has 0 saturated heterocycles. The van der Waals surface area contributed by atoms with E-state index in [1.165, 1.54) is 141 Å². The van der Waals surface area contributed by atoms with Crippen molar-refractivity contribution in [3.8, 4) is 0 Å². The zero-order valence-corrected chi connectivity index (χ0v) is 59.7.